The third kappa shape index (κ3) is 7.71. The summed E-state index contributed by atoms with van der Waals surface area (Å²) in [7, 11) is 0. The quantitative estimate of drug-likeness (QED) is 0.626. The first kappa shape index (κ1) is 9.71. The summed E-state index contributed by atoms with van der Waals surface area (Å²) in [6.07, 6.45) is -4.92. The van der Waals surface area contributed by atoms with Crippen LogP contribution in [0.3, 0.4) is 0 Å². The average molecular weight is 157 g/mol. The molecule has 2 nitrogen and oxygen atoms in total. The predicted molar refractivity (Wildman–Crippen MR) is 30.6 cm³/mol. The van der Waals surface area contributed by atoms with Crippen LogP contribution in [0.2, 0.25) is 0 Å². The molecule has 2 N–H and O–H groups in total. The zero-order valence-corrected chi connectivity index (χ0v) is 5.57. The van der Waals surface area contributed by atoms with E-state index in [4.69, 9.17) is 5.11 Å². The lowest BCUT2D eigenvalue weighted by molar-refractivity contribution is -0.125. The van der Waals surface area contributed by atoms with Crippen molar-refractivity contribution in [3.8, 4) is 0 Å². The standard InChI is InChI=1S/C5H10F3NO/c1-4(10)2-9-3-5(6,7)8/h4,9-10H,2-3H2,1H3/t4-/m0/s1. The molecule has 62 valence electrons. The second-order valence-corrected chi connectivity index (χ2v) is 2.10. The summed E-state index contributed by atoms with van der Waals surface area (Å²) in [4.78, 5) is 0. The zero-order chi connectivity index (χ0) is 8.20. The minimum absolute atomic E-state index is 0.0283. The first-order valence-corrected chi connectivity index (χ1v) is 2.87. The van der Waals surface area contributed by atoms with Gasteiger partial charge in [0.1, 0.15) is 0 Å². The topological polar surface area (TPSA) is 32.3 Å². The minimum atomic E-state index is -4.19. The van der Waals surface area contributed by atoms with Crippen LogP contribution in [-0.4, -0.2) is 30.5 Å². The van der Waals surface area contributed by atoms with E-state index >= 15 is 0 Å². The molecule has 0 aliphatic carbocycles. The molecule has 0 rings (SSSR count). The predicted octanol–water partition coefficient (Wildman–Crippen LogP) is 0.519. The first-order chi connectivity index (χ1) is 4.42. The van der Waals surface area contributed by atoms with Gasteiger partial charge in [0, 0.05) is 6.54 Å². The molecule has 10 heavy (non-hydrogen) atoms. The van der Waals surface area contributed by atoms with E-state index in [-0.39, 0.29) is 6.54 Å². The van der Waals surface area contributed by atoms with Crippen molar-refractivity contribution in [3.63, 3.8) is 0 Å². The van der Waals surface area contributed by atoms with E-state index in [0.29, 0.717) is 0 Å². The van der Waals surface area contributed by atoms with E-state index in [0.717, 1.165) is 0 Å². The maximum Gasteiger partial charge on any atom is 0.401 e. The summed E-state index contributed by atoms with van der Waals surface area (Å²) in [5.41, 5.74) is 0. The normalized spacial score (nSPS) is 15.3. The van der Waals surface area contributed by atoms with Crippen LogP contribution in [0, 0.1) is 0 Å². The second kappa shape index (κ2) is 3.78. The van der Waals surface area contributed by atoms with E-state index in [1.807, 2.05) is 5.32 Å². The molecule has 5 heteroatoms. The van der Waals surface area contributed by atoms with Crippen molar-refractivity contribution in [2.45, 2.75) is 19.2 Å². The fourth-order valence-corrected chi connectivity index (χ4v) is 0.423. The van der Waals surface area contributed by atoms with Gasteiger partial charge in [-0.05, 0) is 6.92 Å². The highest BCUT2D eigenvalue weighted by atomic mass is 19.4. The Balaban J connectivity index is 3.21. The summed E-state index contributed by atoms with van der Waals surface area (Å²) < 4.78 is 34.1. The monoisotopic (exact) mass is 157 g/mol. The van der Waals surface area contributed by atoms with Crippen molar-refractivity contribution < 1.29 is 18.3 Å². The Hall–Kier alpha value is -0.290. The van der Waals surface area contributed by atoms with E-state index in [9.17, 15) is 13.2 Å². The number of hydrogen-bond donors (Lipinski definition) is 2. The van der Waals surface area contributed by atoms with Gasteiger partial charge in [-0.25, -0.2) is 0 Å². The number of hydrogen-bond acceptors (Lipinski definition) is 2. The van der Waals surface area contributed by atoms with Crippen LogP contribution >= 0.6 is 0 Å². The van der Waals surface area contributed by atoms with E-state index in [1.165, 1.54) is 6.92 Å². The molecule has 0 amide bonds. The third-order valence-electron chi connectivity index (χ3n) is 0.765. The van der Waals surface area contributed by atoms with E-state index in [2.05, 4.69) is 0 Å². The smallest absolute Gasteiger partial charge is 0.392 e. The van der Waals surface area contributed by atoms with Crippen LogP contribution < -0.4 is 5.32 Å². The van der Waals surface area contributed by atoms with Crippen molar-refractivity contribution in [2.24, 2.45) is 0 Å². The highest BCUT2D eigenvalue weighted by molar-refractivity contribution is 4.57. The molecule has 0 spiro atoms. The Morgan fingerprint density at radius 2 is 2.00 bits per heavy atom. The number of aliphatic hydroxyl groups is 1. The summed E-state index contributed by atoms with van der Waals surface area (Å²) in [6, 6.07) is 0. The van der Waals surface area contributed by atoms with Crippen molar-refractivity contribution in [1.29, 1.82) is 0 Å². The van der Waals surface area contributed by atoms with Crippen LogP contribution in [0.1, 0.15) is 6.92 Å². The Kier molecular flexibility index (Phi) is 3.67. The maximum atomic E-state index is 11.4. The fraction of sp³-hybridized carbons (Fsp3) is 1.00. The SMILES string of the molecule is C[C@H](O)CNCC(F)(F)F. The lowest BCUT2D eigenvalue weighted by atomic mass is 10.4. The molecule has 0 unspecified atom stereocenters. The van der Waals surface area contributed by atoms with Crippen LogP contribution in [0.5, 0.6) is 0 Å². The van der Waals surface area contributed by atoms with Crippen molar-refractivity contribution in [1.82, 2.24) is 5.32 Å². The fourth-order valence-electron chi connectivity index (χ4n) is 0.423. The van der Waals surface area contributed by atoms with Gasteiger partial charge in [0.25, 0.3) is 0 Å². The number of rotatable bonds is 3. The summed E-state index contributed by atoms with van der Waals surface area (Å²) in [5.74, 6) is 0. The van der Waals surface area contributed by atoms with E-state index in [1.54, 1.807) is 0 Å². The molecule has 0 saturated carbocycles. The molecule has 0 aliphatic heterocycles. The lowest BCUT2D eigenvalue weighted by Crippen LogP contribution is -2.33. The summed E-state index contributed by atoms with van der Waals surface area (Å²) in [5, 5.41) is 10.6. The van der Waals surface area contributed by atoms with Gasteiger partial charge in [-0.2, -0.15) is 13.2 Å². The van der Waals surface area contributed by atoms with Crippen LogP contribution in [0.15, 0.2) is 0 Å². The Morgan fingerprint density at radius 1 is 1.50 bits per heavy atom. The first-order valence-electron chi connectivity index (χ1n) is 2.87. The molecular weight excluding hydrogens is 147 g/mol. The zero-order valence-electron chi connectivity index (χ0n) is 5.57. The molecule has 0 aromatic heterocycles. The molecule has 0 fully saturated rings. The van der Waals surface area contributed by atoms with Crippen LogP contribution in [-0.2, 0) is 0 Å². The Bertz CT molecular complexity index is 91.4. The van der Waals surface area contributed by atoms with Gasteiger partial charge < -0.3 is 10.4 Å². The molecule has 0 heterocycles. The molecule has 1 atom stereocenters. The van der Waals surface area contributed by atoms with Gasteiger partial charge in [-0.1, -0.05) is 0 Å². The van der Waals surface area contributed by atoms with Crippen molar-refractivity contribution in [2.75, 3.05) is 13.1 Å². The average Bonchev–Trinajstić information content (AvgIpc) is 1.59. The Labute approximate surface area is 57.0 Å². The summed E-state index contributed by atoms with van der Waals surface area (Å²) in [6.45, 7) is 0.348. The third-order valence-corrected chi connectivity index (χ3v) is 0.765. The largest absolute Gasteiger partial charge is 0.401 e. The van der Waals surface area contributed by atoms with Gasteiger partial charge in [0.05, 0.1) is 12.6 Å². The van der Waals surface area contributed by atoms with Gasteiger partial charge in [-0.3, -0.25) is 0 Å². The number of halogens is 3. The highest BCUT2D eigenvalue weighted by Crippen LogP contribution is 2.11. The van der Waals surface area contributed by atoms with Crippen LogP contribution in [0.25, 0.3) is 0 Å². The second-order valence-electron chi connectivity index (χ2n) is 2.10. The molecule has 0 aromatic rings. The van der Waals surface area contributed by atoms with Gasteiger partial charge >= 0.3 is 6.18 Å². The lowest BCUT2D eigenvalue weighted by Gasteiger charge is -2.08. The number of aliphatic hydroxyl groups excluding tert-OH is 1. The van der Waals surface area contributed by atoms with Crippen LogP contribution in [0.4, 0.5) is 13.2 Å². The van der Waals surface area contributed by atoms with Gasteiger partial charge in [0.15, 0.2) is 0 Å². The molecule has 0 aromatic carbocycles. The van der Waals surface area contributed by atoms with Gasteiger partial charge in [-0.15, -0.1) is 0 Å². The van der Waals surface area contributed by atoms with Crippen molar-refractivity contribution >= 4 is 0 Å². The van der Waals surface area contributed by atoms with Crippen molar-refractivity contribution in [3.05, 3.63) is 0 Å². The Morgan fingerprint density at radius 3 is 2.30 bits per heavy atom. The van der Waals surface area contributed by atoms with E-state index < -0.39 is 18.8 Å². The molecule has 0 saturated heterocycles. The van der Waals surface area contributed by atoms with Gasteiger partial charge in [0.2, 0.25) is 0 Å². The molecule has 0 bridgehead atoms. The number of alkyl halides is 3. The minimum Gasteiger partial charge on any atom is -0.392 e. The highest BCUT2D eigenvalue weighted by Gasteiger charge is 2.26. The number of nitrogens with one attached hydrogen (secondary N) is 1. The molecular formula is C5H10F3NO. The molecule has 0 radical (unpaired) electrons. The maximum absolute atomic E-state index is 11.4. The molecule has 0 aliphatic rings. The summed E-state index contributed by atoms with van der Waals surface area (Å²) >= 11 is 0.